The molecule has 2 aliphatic heterocycles. The topological polar surface area (TPSA) is 38.8 Å². The molecule has 2 fully saturated rings. The number of anilines is 1. The lowest BCUT2D eigenvalue weighted by Crippen LogP contribution is -2.45. The summed E-state index contributed by atoms with van der Waals surface area (Å²) in [6, 6.07) is 7.71. The highest BCUT2D eigenvalue weighted by Crippen LogP contribution is 2.33. The number of hydrogen-bond donors (Lipinski definition) is 0. The zero-order valence-electron chi connectivity index (χ0n) is 10.3. The second-order valence-corrected chi connectivity index (χ2v) is 4.77. The molecular formula is C14H17NO3. The number of ether oxygens (including phenoxy) is 2. The zero-order chi connectivity index (χ0) is 12.4. The van der Waals surface area contributed by atoms with E-state index in [1.807, 2.05) is 24.3 Å². The van der Waals surface area contributed by atoms with Crippen LogP contribution in [0.5, 0.6) is 0 Å². The van der Waals surface area contributed by atoms with E-state index >= 15 is 0 Å². The number of aldehydes is 1. The predicted octanol–water partition coefficient (Wildman–Crippen LogP) is 1.84. The van der Waals surface area contributed by atoms with E-state index < -0.39 is 0 Å². The third kappa shape index (κ3) is 2.02. The summed E-state index contributed by atoms with van der Waals surface area (Å²) in [5.74, 6) is -0.355. The van der Waals surface area contributed by atoms with Crippen molar-refractivity contribution in [2.75, 3.05) is 31.2 Å². The second-order valence-electron chi connectivity index (χ2n) is 4.77. The van der Waals surface area contributed by atoms with Gasteiger partial charge in [0.2, 0.25) is 0 Å². The number of hydrogen-bond acceptors (Lipinski definition) is 4. The predicted molar refractivity (Wildman–Crippen MR) is 67.9 cm³/mol. The minimum absolute atomic E-state index is 0.355. The Balaban J connectivity index is 1.74. The van der Waals surface area contributed by atoms with Crippen LogP contribution in [0.15, 0.2) is 24.3 Å². The third-order valence-electron chi connectivity index (χ3n) is 3.74. The molecule has 4 nitrogen and oxygen atoms in total. The Morgan fingerprint density at radius 2 is 1.78 bits per heavy atom. The van der Waals surface area contributed by atoms with E-state index in [1.54, 1.807) is 0 Å². The van der Waals surface area contributed by atoms with Crippen LogP contribution in [0.1, 0.15) is 23.2 Å². The first-order valence-electron chi connectivity index (χ1n) is 6.40. The van der Waals surface area contributed by atoms with Crippen LogP contribution < -0.4 is 4.90 Å². The van der Waals surface area contributed by atoms with Gasteiger partial charge in [0.05, 0.1) is 13.2 Å². The summed E-state index contributed by atoms with van der Waals surface area (Å²) in [6.45, 7) is 3.13. The number of rotatable bonds is 2. The van der Waals surface area contributed by atoms with Crippen molar-refractivity contribution in [1.29, 1.82) is 0 Å². The van der Waals surface area contributed by atoms with Gasteiger partial charge in [-0.05, 0) is 12.1 Å². The zero-order valence-corrected chi connectivity index (χ0v) is 10.3. The van der Waals surface area contributed by atoms with Gasteiger partial charge in [-0.2, -0.15) is 0 Å². The first-order valence-corrected chi connectivity index (χ1v) is 6.40. The van der Waals surface area contributed by atoms with Crippen LogP contribution in [-0.4, -0.2) is 38.4 Å². The van der Waals surface area contributed by atoms with Gasteiger partial charge < -0.3 is 14.4 Å². The lowest BCUT2D eigenvalue weighted by Gasteiger charge is -2.39. The molecule has 1 aromatic carbocycles. The highest BCUT2D eigenvalue weighted by molar-refractivity contribution is 5.84. The van der Waals surface area contributed by atoms with Gasteiger partial charge in [0.25, 0.3) is 0 Å². The molecule has 18 heavy (non-hydrogen) atoms. The van der Waals surface area contributed by atoms with Gasteiger partial charge in [0, 0.05) is 37.2 Å². The fraction of sp³-hybridized carbons (Fsp3) is 0.500. The molecule has 0 amide bonds. The van der Waals surface area contributed by atoms with Crippen LogP contribution in [0.2, 0.25) is 0 Å². The average molecular weight is 247 g/mol. The highest BCUT2D eigenvalue weighted by atomic mass is 16.7. The Morgan fingerprint density at radius 1 is 1.11 bits per heavy atom. The maximum absolute atomic E-state index is 11.0. The minimum atomic E-state index is -0.355. The van der Waals surface area contributed by atoms with Crippen molar-refractivity contribution < 1.29 is 14.3 Å². The molecule has 0 saturated carbocycles. The normalized spacial score (nSPS) is 22.3. The Kier molecular flexibility index (Phi) is 3.06. The van der Waals surface area contributed by atoms with E-state index in [9.17, 15) is 4.79 Å². The molecule has 1 spiro atoms. The van der Waals surface area contributed by atoms with Gasteiger partial charge in [-0.25, -0.2) is 0 Å². The summed E-state index contributed by atoms with van der Waals surface area (Å²) < 4.78 is 11.4. The van der Waals surface area contributed by atoms with E-state index in [0.717, 1.165) is 43.5 Å². The van der Waals surface area contributed by atoms with Crippen LogP contribution in [0.25, 0.3) is 0 Å². The molecule has 2 saturated heterocycles. The summed E-state index contributed by atoms with van der Waals surface area (Å²) in [4.78, 5) is 13.3. The molecule has 96 valence electrons. The van der Waals surface area contributed by atoms with Crippen LogP contribution in [0.4, 0.5) is 5.69 Å². The third-order valence-corrected chi connectivity index (χ3v) is 3.74. The minimum Gasteiger partial charge on any atom is -0.371 e. The van der Waals surface area contributed by atoms with Crippen molar-refractivity contribution >= 4 is 12.0 Å². The van der Waals surface area contributed by atoms with Crippen molar-refractivity contribution in [1.82, 2.24) is 0 Å². The lowest BCUT2D eigenvalue weighted by atomic mass is 10.0. The molecule has 2 aliphatic rings. The molecule has 0 N–H and O–H groups in total. The fourth-order valence-corrected chi connectivity index (χ4v) is 2.75. The van der Waals surface area contributed by atoms with Crippen molar-refractivity contribution in [3.8, 4) is 0 Å². The maximum Gasteiger partial charge on any atom is 0.171 e. The molecule has 0 aliphatic carbocycles. The first kappa shape index (κ1) is 11.7. The molecule has 0 unspecified atom stereocenters. The van der Waals surface area contributed by atoms with Gasteiger partial charge in [0.15, 0.2) is 12.1 Å². The number of carbonyl (C=O) groups excluding carboxylic acids is 1. The van der Waals surface area contributed by atoms with Crippen LogP contribution in [0.3, 0.4) is 0 Å². The van der Waals surface area contributed by atoms with E-state index in [2.05, 4.69) is 4.90 Å². The van der Waals surface area contributed by atoms with E-state index in [-0.39, 0.29) is 5.79 Å². The van der Waals surface area contributed by atoms with Gasteiger partial charge in [-0.15, -0.1) is 0 Å². The number of carbonyl (C=O) groups is 1. The Labute approximate surface area is 106 Å². The van der Waals surface area contributed by atoms with E-state index in [0.29, 0.717) is 13.2 Å². The van der Waals surface area contributed by atoms with E-state index in [4.69, 9.17) is 9.47 Å². The first-order chi connectivity index (χ1) is 8.83. The van der Waals surface area contributed by atoms with Gasteiger partial charge in [-0.1, -0.05) is 12.1 Å². The molecule has 1 aromatic rings. The van der Waals surface area contributed by atoms with Crippen molar-refractivity contribution in [2.24, 2.45) is 0 Å². The summed E-state index contributed by atoms with van der Waals surface area (Å²) in [6.07, 6.45) is 2.64. The van der Waals surface area contributed by atoms with Crippen molar-refractivity contribution in [3.63, 3.8) is 0 Å². The maximum atomic E-state index is 11.0. The van der Waals surface area contributed by atoms with Crippen LogP contribution in [0, 0.1) is 0 Å². The quantitative estimate of drug-likeness (QED) is 0.748. The number of nitrogens with zero attached hydrogens (tertiary/aromatic N) is 1. The Bertz CT molecular complexity index is 430. The summed E-state index contributed by atoms with van der Waals surface area (Å²) in [7, 11) is 0. The largest absolute Gasteiger partial charge is 0.371 e. The Hall–Kier alpha value is -1.39. The van der Waals surface area contributed by atoms with Gasteiger partial charge >= 0.3 is 0 Å². The Morgan fingerprint density at radius 3 is 2.44 bits per heavy atom. The lowest BCUT2D eigenvalue weighted by molar-refractivity contribution is -0.169. The number of para-hydroxylation sites is 1. The molecule has 2 heterocycles. The van der Waals surface area contributed by atoms with Crippen LogP contribution >= 0.6 is 0 Å². The summed E-state index contributed by atoms with van der Waals surface area (Å²) >= 11 is 0. The molecule has 0 aromatic heterocycles. The smallest absolute Gasteiger partial charge is 0.171 e. The average Bonchev–Trinajstić information content (AvgIpc) is 2.88. The monoisotopic (exact) mass is 247 g/mol. The van der Waals surface area contributed by atoms with E-state index in [1.165, 1.54) is 0 Å². The van der Waals surface area contributed by atoms with Crippen LogP contribution in [-0.2, 0) is 9.47 Å². The summed E-state index contributed by atoms with van der Waals surface area (Å²) in [5.41, 5.74) is 1.77. The highest BCUT2D eigenvalue weighted by Gasteiger charge is 2.39. The molecular weight excluding hydrogens is 230 g/mol. The molecule has 3 rings (SSSR count). The standard InChI is InChI=1S/C14H17NO3/c16-11-12-3-1-2-4-13(12)15-7-5-14(6-8-15)17-9-10-18-14/h1-4,11H,5-10H2. The van der Waals surface area contributed by atoms with Crippen molar-refractivity contribution in [3.05, 3.63) is 29.8 Å². The molecule has 0 atom stereocenters. The fourth-order valence-electron chi connectivity index (χ4n) is 2.75. The SMILES string of the molecule is O=Cc1ccccc1N1CCC2(CC1)OCCO2. The molecule has 0 radical (unpaired) electrons. The van der Waals surface area contributed by atoms with Gasteiger partial charge in [-0.3, -0.25) is 4.79 Å². The number of piperidine rings is 1. The summed E-state index contributed by atoms with van der Waals surface area (Å²) in [5, 5.41) is 0. The number of benzene rings is 1. The van der Waals surface area contributed by atoms with Crippen molar-refractivity contribution in [2.45, 2.75) is 18.6 Å². The molecule has 4 heteroatoms. The van der Waals surface area contributed by atoms with Gasteiger partial charge in [0.1, 0.15) is 0 Å². The molecule has 0 bridgehead atoms. The second kappa shape index (κ2) is 4.71.